The van der Waals surface area contributed by atoms with Crippen LogP contribution in [0.4, 0.5) is 14.5 Å². The summed E-state index contributed by atoms with van der Waals surface area (Å²) in [4.78, 5) is 11.3. The quantitative estimate of drug-likeness (QED) is 0.621. The Kier molecular flexibility index (Phi) is 5.11. The number of anilines is 1. The average molecular weight is 403 g/mol. The lowest BCUT2D eigenvalue weighted by Crippen LogP contribution is -2.06. The van der Waals surface area contributed by atoms with Gasteiger partial charge in [0.05, 0.1) is 12.7 Å². The van der Waals surface area contributed by atoms with Crippen LogP contribution in [-0.4, -0.2) is 13.1 Å². The van der Waals surface area contributed by atoms with E-state index in [9.17, 15) is 13.6 Å². The Bertz CT molecular complexity index is 677. The topological polar surface area (TPSA) is 38.3 Å². The molecule has 2 rings (SSSR count). The first-order valence-corrected chi connectivity index (χ1v) is 7.15. The van der Waals surface area contributed by atoms with Crippen LogP contribution < -0.4 is 5.32 Å². The van der Waals surface area contributed by atoms with Crippen LogP contribution in [0.15, 0.2) is 36.4 Å². The summed E-state index contributed by atoms with van der Waals surface area (Å²) in [5, 5.41) is 3.09. The molecule has 110 valence electrons. The Hall–Kier alpha value is -1.70. The van der Waals surface area contributed by atoms with E-state index >= 15 is 0 Å². The third kappa shape index (κ3) is 3.90. The first-order chi connectivity index (χ1) is 10.0. The van der Waals surface area contributed by atoms with Crippen LogP contribution in [-0.2, 0) is 11.3 Å². The molecular formula is C15H12F2INO2. The molecular weight excluding hydrogens is 391 g/mol. The van der Waals surface area contributed by atoms with Gasteiger partial charge in [-0.15, -0.1) is 0 Å². The van der Waals surface area contributed by atoms with Gasteiger partial charge in [-0.2, -0.15) is 0 Å². The van der Waals surface area contributed by atoms with Gasteiger partial charge in [-0.1, -0.05) is 6.07 Å². The fourth-order valence-electron chi connectivity index (χ4n) is 1.77. The van der Waals surface area contributed by atoms with Crippen LogP contribution in [0.3, 0.4) is 0 Å². The van der Waals surface area contributed by atoms with Gasteiger partial charge in [0.25, 0.3) is 0 Å². The molecule has 0 aliphatic carbocycles. The van der Waals surface area contributed by atoms with Crippen molar-refractivity contribution in [2.45, 2.75) is 6.54 Å². The largest absolute Gasteiger partial charge is 0.465 e. The van der Waals surface area contributed by atoms with E-state index in [1.807, 2.05) is 22.6 Å². The molecule has 0 saturated heterocycles. The fraction of sp³-hybridized carbons (Fsp3) is 0.133. The van der Waals surface area contributed by atoms with E-state index in [0.717, 1.165) is 9.26 Å². The number of esters is 1. The van der Waals surface area contributed by atoms with Crippen LogP contribution in [0, 0.1) is 15.2 Å². The molecule has 0 atom stereocenters. The smallest absolute Gasteiger partial charge is 0.340 e. The lowest BCUT2D eigenvalue weighted by molar-refractivity contribution is 0.0595. The summed E-state index contributed by atoms with van der Waals surface area (Å²) in [6, 6.07) is 8.67. The highest BCUT2D eigenvalue weighted by Gasteiger charge is 2.12. The molecule has 0 heterocycles. The van der Waals surface area contributed by atoms with Crippen molar-refractivity contribution in [3.63, 3.8) is 0 Å². The molecule has 2 aromatic carbocycles. The van der Waals surface area contributed by atoms with Crippen molar-refractivity contribution in [2.24, 2.45) is 0 Å². The first-order valence-electron chi connectivity index (χ1n) is 6.07. The summed E-state index contributed by atoms with van der Waals surface area (Å²) in [6.45, 7) is 0.361. The Balaban J connectivity index is 2.10. The minimum absolute atomic E-state index is 0.0994. The van der Waals surface area contributed by atoms with E-state index < -0.39 is 11.8 Å². The van der Waals surface area contributed by atoms with Gasteiger partial charge >= 0.3 is 5.97 Å². The molecule has 0 saturated carbocycles. The van der Waals surface area contributed by atoms with Crippen molar-refractivity contribution >= 4 is 34.2 Å². The highest BCUT2D eigenvalue weighted by atomic mass is 127. The lowest BCUT2D eigenvalue weighted by Gasteiger charge is -2.09. The number of benzene rings is 2. The van der Waals surface area contributed by atoms with Crippen molar-refractivity contribution < 1.29 is 18.3 Å². The molecule has 0 aliphatic rings. The number of rotatable bonds is 4. The number of carbonyl (C=O) groups is 1. The fourth-order valence-corrected chi connectivity index (χ4v) is 2.44. The van der Waals surface area contributed by atoms with E-state index in [4.69, 9.17) is 0 Å². The number of methoxy groups -OCH3 is 1. The Morgan fingerprint density at radius 1 is 1.24 bits per heavy atom. The summed E-state index contributed by atoms with van der Waals surface area (Å²) in [5.74, 6) is -1.64. The second-order valence-corrected chi connectivity index (χ2v) is 5.45. The molecule has 21 heavy (non-hydrogen) atoms. The number of ether oxygens (including phenoxy) is 1. The molecule has 0 radical (unpaired) electrons. The maximum atomic E-state index is 13.8. The van der Waals surface area contributed by atoms with Crippen molar-refractivity contribution in [2.75, 3.05) is 12.4 Å². The minimum atomic E-state index is -0.708. The zero-order valence-electron chi connectivity index (χ0n) is 11.1. The highest BCUT2D eigenvalue weighted by Crippen LogP contribution is 2.20. The predicted octanol–water partition coefficient (Wildman–Crippen LogP) is 3.97. The lowest BCUT2D eigenvalue weighted by atomic mass is 10.1. The van der Waals surface area contributed by atoms with Gasteiger partial charge in [0.2, 0.25) is 0 Å². The van der Waals surface area contributed by atoms with Crippen LogP contribution >= 0.6 is 22.6 Å². The third-order valence-corrected chi connectivity index (χ3v) is 3.75. The molecule has 0 spiro atoms. The van der Waals surface area contributed by atoms with E-state index in [0.29, 0.717) is 12.1 Å². The second kappa shape index (κ2) is 6.84. The molecule has 0 bridgehead atoms. The summed E-state index contributed by atoms with van der Waals surface area (Å²) in [7, 11) is 1.20. The molecule has 2 aromatic rings. The standard InChI is InChI=1S/C15H12F2INO2/c1-21-15(20)11-4-2-9(6-12(11)17)8-19-14-5-3-10(16)7-13(14)18/h2-7,19H,8H2,1H3. The normalized spacial score (nSPS) is 10.3. The van der Waals surface area contributed by atoms with Crippen molar-refractivity contribution in [1.82, 2.24) is 0 Å². The van der Waals surface area contributed by atoms with E-state index in [2.05, 4.69) is 10.1 Å². The van der Waals surface area contributed by atoms with Crippen LogP contribution in [0.1, 0.15) is 15.9 Å². The average Bonchev–Trinajstić information content (AvgIpc) is 2.45. The summed E-state index contributed by atoms with van der Waals surface area (Å²) in [6.07, 6.45) is 0. The van der Waals surface area contributed by atoms with Crippen LogP contribution in [0.5, 0.6) is 0 Å². The van der Waals surface area contributed by atoms with Crippen molar-refractivity contribution in [3.05, 3.63) is 62.7 Å². The molecule has 6 heteroatoms. The second-order valence-electron chi connectivity index (χ2n) is 4.28. The minimum Gasteiger partial charge on any atom is -0.465 e. The van der Waals surface area contributed by atoms with Gasteiger partial charge in [0, 0.05) is 15.8 Å². The third-order valence-electron chi connectivity index (χ3n) is 2.85. The number of nitrogens with one attached hydrogen (secondary N) is 1. The monoisotopic (exact) mass is 403 g/mol. The van der Waals surface area contributed by atoms with Gasteiger partial charge in [-0.25, -0.2) is 13.6 Å². The Morgan fingerprint density at radius 2 is 2.00 bits per heavy atom. The van der Waals surface area contributed by atoms with Crippen LogP contribution in [0.2, 0.25) is 0 Å². The summed E-state index contributed by atoms with van der Waals surface area (Å²) < 4.78 is 32.0. The van der Waals surface area contributed by atoms with E-state index in [1.54, 1.807) is 12.1 Å². The maximum absolute atomic E-state index is 13.8. The van der Waals surface area contributed by atoms with Gasteiger partial charge < -0.3 is 10.1 Å². The maximum Gasteiger partial charge on any atom is 0.340 e. The van der Waals surface area contributed by atoms with Gasteiger partial charge in [0.1, 0.15) is 11.6 Å². The van der Waals surface area contributed by atoms with Gasteiger partial charge in [0.15, 0.2) is 0 Å². The molecule has 1 N–H and O–H groups in total. The van der Waals surface area contributed by atoms with Crippen molar-refractivity contribution in [1.29, 1.82) is 0 Å². The van der Waals surface area contributed by atoms with E-state index in [1.165, 1.54) is 31.4 Å². The Morgan fingerprint density at radius 3 is 2.62 bits per heavy atom. The number of halogens is 3. The van der Waals surface area contributed by atoms with E-state index in [-0.39, 0.29) is 11.4 Å². The highest BCUT2D eigenvalue weighted by molar-refractivity contribution is 14.1. The van der Waals surface area contributed by atoms with Crippen LogP contribution in [0.25, 0.3) is 0 Å². The van der Waals surface area contributed by atoms with Gasteiger partial charge in [-0.05, 0) is 58.5 Å². The molecule has 0 fully saturated rings. The molecule has 0 aliphatic heterocycles. The summed E-state index contributed by atoms with van der Waals surface area (Å²) >= 11 is 2.02. The molecule has 0 aromatic heterocycles. The number of hydrogen-bond donors (Lipinski definition) is 1. The Labute approximate surface area is 134 Å². The molecule has 3 nitrogen and oxygen atoms in total. The molecule has 0 unspecified atom stereocenters. The first kappa shape index (κ1) is 15.7. The SMILES string of the molecule is COC(=O)c1ccc(CNc2ccc(F)cc2I)cc1F. The zero-order valence-corrected chi connectivity index (χ0v) is 13.3. The zero-order chi connectivity index (χ0) is 15.4. The van der Waals surface area contributed by atoms with Crippen molar-refractivity contribution in [3.8, 4) is 0 Å². The predicted molar refractivity (Wildman–Crippen MR) is 84.2 cm³/mol. The number of hydrogen-bond acceptors (Lipinski definition) is 3. The summed E-state index contributed by atoms with van der Waals surface area (Å²) in [5.41, 5.74) is 1.33. The number of carbonyl (C=O) groups excluding carboxylic acids is 1. The van der Waals surface area contributed by atoms with Gasteiger partial charge in [-0.3, -0.25) is 0 Å². The molecule has 0 amide bonds.